The summed E-state index contributed by atoms with van der Waals surface area (Å²) in [6, 6.07) is 17.9. The molecule has 0 saturated heterocycles. The lowest BCUT2D eigenvalue weighted by atomic mass is 10.2. The topological polar surface area (TPSA) is 81.5 Å². The number of nitrogens with two attached hydrogens (primary N) is 1. The Labute approximate surface area is 144 Å². The quantitative estimate of drug-likeness (QED) is 0.441. The van der Waals surface area contributed by atoms with Crippen molar-refractivity contribution in [2.75, 3.05) is 0 Å². The first kappa shape index (κ1) is 15.9. The number of hydrogen-bond acceptors (Lipinski definition) is 5. The summed E-state index contributed by atoms with van der Waals surface area (Å²) < 4.78 is 1.69. The number of amidine groups is 1. The highest BCUT2D eigenvalue weighted by Crippen LogP contribution is 2.11. The maximum atomic E-state index is 5.85. The molecule has 6 nitrogen and oxygen atoms in total. The second kappa shape index (κ2) is 8.07. The van der Waals surface area contributed by atoms with E-state index in [1.54, 1.807) is 17.2 Å². The average molecular weight is 336 g/mol. The minimum Gasteiger partial charge on any atom is -0.377 e. The van der Waals surface area contributed by atoms with E-state index in [0.717, 1.165) is 17.0 Å². The molecule has 2 N–H and O–H groups in total. The Kier molecular flexibility index (Phi) is 5.36. The summed E-state index contributed by atoms with van der Waals surface area (Å²) in [5.74, 6) is 0.776. The van der Waals surface area contributed by atoms with Gasteiger partial charge in [0.05, 0.1) is 11.9 Å². The van der Waals surface area contributed by atoms with Crippen LogP contribution in [0, 0.1) is 0 Å². The van der Waals surface area contributed by atoms with Crippen LogP contribution in [0.3, 0.4) is 0 Å². The molecule has 120 valence electrons. The van der Waals surface area contributed by atoms with Crippen LogP contribution in [-0.4, -0.2) is 26.1 Å². The molecule has 0 saturated carbocycles. The van der Waals surface area contributed by atoms with Gasteiger partial charge in [0.25, 0.3) is 0 Å². The fraction of sp³-hybridized carbons (Fsp3) is 0.0588. The molecule has 0 aliphatic rings. The largest absolute Gasteiger partial charge is 0.377 e. The minimum absolute atomic E-state index is 0.439. The lowest BCUT2D eigenvalue weighted by Crippen LogP contribution is -2.06. The van der Waals surface area contributed by atoms with E-state index in [0.29, 0.717) is 5.17 Å². The zero-order chi connectivity index (χ0) is 16.6. The molecule has 0 radical (unpaired) electrons. The number of hydrogen-bond donors (Lipinski definition) is 1. The first-order valence-corrected chi connectivity index (χ1v) is 8.28. The van der Waals surface area contributed by atoms with Gasteiger partial charge in [-0.3, -0.25) is 0 Å². The van der Waals surface area contributed by atoms with Crippen molar-refractivity contribution in [2.24, 2.45) is 15.9 Å². The molecule has 0 amide bonds. The van der Waals surface area contributed by atoms with Crippen LogP contribution < -0.4 is 5.73 Å². The number of benzene rings is 2. The van der Waals surface area contributed by atoms with Gasteiger partial charge in [-0.15, -0.1) is 5.10 Å². The molecule has 0 aliphatic heterocycles. The predicted octanol–water partition coefficient (Wildman–Crippen LogP) is 2.85. The van der Waals surface area contributed by atoms with Crippen molar-refractivity contribution < 1.29 is 0 Å². The fourth-order valence-electron chi connectivity index (χ4n) is 1.97. The molecular weight excluding hydrogens is 320 g/mol. The van der Waals surface area contributed by atoms with Crippen LogP contribution in [0.1, 0.15) is 11.1 Å². The van der Waals surface area contributed by atoms with Crippen molar-refractivity contribution in [1.82, 2.24) is 14.8 Å². The van der Waals surface area contributed by atoms with E-state index in [1.165, 1.54) is 23.7 Å². The second-order valence-corrected chi connectivity index (χ2v) is 5.88. The standard InChI is InChI=1S/C17H16N6S/c18-17(24-11-15-4-2-1-3-5-15)22-20-10-14-6-8-16(9-7-14)23-13-19-12-21-23/h1-10,12-13H,11H2,(H2,18,22). The molecule has 24 heavy (non-hydrogen) atoms. The van der Waals surface area contributed by atoms with Gasteiger partial charge in [-0.05, 0) is 23.3 Å². The van der Waals surface area contributed by atoms with Crippen molar-refractivity contribution in [2.45, 2.75) is 5.75 Å². The first-order valence-electron chi connectivity index (χ1n) is 7.29. The molecule has 0 bridgehead atoms. The van der Waals surface area contributed by atoms with Crippen LogP contribution in [-0.2, 0) is 5.75 Å². The summed E-state index contributed by atoms with van der Waals surface area (Å²) in [5.41, 5.74) is 8.93. The lowest BCUT2D eigenvalue weighted by molar-refractivity contribution is 0.879. The number of rotatable bonds is 5. The Balaban J connectivity index is 1.55. The van der Waals surface area contributed by atoms with E-state index < -0.39 is 0 Å². The highest BCUT2D eigenvalue weighted by atomic mass is 32.2. The molecule has 0 unspecified atom stereocenters. The third-order valence-electron chi connectivity index (χ3n) is 3.17. The first-order chi connectivity index (χ1) is 11.8. The number of thioether (sulfide) groups is 1. The van der Waals surface area contributed by atoms with Crippen molar-refractivity contribution in [1.29, 1.82) is 0 Å². The monoisotopic (exact) mass is 336 g/mol. The summed E-state index contributed by atoms with van der Waals surface area (Å²) in [6.07, 6.45) is 4.82. The summed E-state index contributed by atoms with van der Waals surface area (Å²) in [6.45, 7) is 0. The molecule has 3 aromatic rings. The maximum absolute atomic E-state index is 5.85. The summed E-state index contributed by atoms with van der Waals surface area (Å²) in [7, 11) is 0. The highest BCUT2D eigenvalue weighted by molar-refractivity contribution is 8.13. The molecule has 3 rings (SSSR count). The van der Waals surface area contributed by atoms with Crippen molar-refractivity contribution in [3.05, 3.63) is 78.4 Å². The van der Waals surface area contributed by atoms with Gasteiger partial charge in [-0.1, -0.05) is 54.2 Å². The van der Waals surface area contributed by atoms with E-state index in [1.807, 2.05) is 42.5 Å². The third kappa shape index (κ3) is 4.53. The molecule has 0 aliphatic carbocycles. The van der Waals surface area contributed by atoms with Gasteiger partial charge in [0.1, 0.15) is 12.7 Å². The molecule has 1 aromatic heterocycles. The summed E-state index contributed by atoms with van der Waals surface area (Å²) in [5, 5.41) is 12.6. The Hall–Kier alpha value is -2.93. The van der Waals surface area contributed by atoms with E-state index in [2.05, 4.69) is 32.4 Å². The summed E-state index contributed by atoms with van der Waals surface area (Å²) in [4.78, 5) is 3.92. The van der Waals surface area contributed by atoms with Crippen LogP contribution >= 0.6 is 11.8 Å². The van der Waals surface area contributed by atoms with E-state index in [4.69, 9.17) is 5.73 Å². The Morgan fingerprint density at radius 3 is 2.62 bits per heavy atom. The highest BCUT2D eigenvalue weighted by Gasteiger charge is 1.97. The Bertz CT molecular complexity index is 810. The van der Waals surface area contributed by atoms with Crippen LogP contribution in [0.15, 0.2) is 77.5 Å². The van der Waals surface area contributed by atoms with Crippen LogP contribution in [0.5, 0.6) is 0 Å². The maximum Gasteiger partial charge on any atom is 0.180 e. The second-order valence-electron chi connectivity index (χ2n) is 4.89. The SMILES string of the molecule is NC(=NN=Cc1ccc(-n2cncn2)cc1)SCc1ccccc1. The zero-order valence-corrected chi connectivity index (χ0v) is 13.7. The van der Waals surface area contributed by atoms with Gasteiger partial charge < -0.3 is 5.73 Å². The molecule has 7 heteroatoms. The Morgan fingerprint density at radius 1 is 1.12 bits per heavy atom. The van der Waals surface area contributed by atoms with Crippen molar-refractivity contribution in [3.63, 3.8) is 0 Å². The molecule has 0 atom stereocenters. The Morgan fingerprint density at radius 2 is 1.92 bits per heavy atom. The van der Waals surface area contributed by atoms with E-state index >= 15 is 0 Å². The van der Waals surface area contributed by atoms with E-state index in [9.17, 15) is 0 Å². The third-order valence-corrected chi connectivity index (χ3v) is 4.02. The molecule has 1 heterocycles. The van der Waals surface area contributed by atoms with Gasteiger partial charge in [0, 0.05) is 5.75 Å². The normalized spacial score (nSPS) is 11.9. The van der Waals surface area contributed by atoms with Gasteiger partial charge in [0.2, 0.25) is 0 Å². The van der Waals surface area contributed by atoms with Gasteiger partial charge in [0.15, 0.2) is 5.17 Å². The molecular formula is C17H16N6S. The van der Waals surface area contributed by atoms with Crippen LogP contribution in [0.4, 0.5) is 0 Å². The van der Waals surface area contributed by atoms with Gasteiger partial charge >= 0.3 is 0 Å². The molecule has 0 spiro atoms. The number of nitrogens with zero attached hydrogens (tertiary/aromatic N) is 5. The van der Waals surface area contributed by atoms with Gasteiger partial charge in [-0.25, -0.2) is 9.67 Å². The van der Waals surface area contributed by atoms with Gasteiger partial charge in [-0.2, -0.15) is 10.2 Å². The summed E-state index contributed by atoms with van der Waals surface area (Å²) >= 11 is 1.46. The smallest absolute Gasteiger partial charge is 0.180 e. The van der Waals surface area contributed by atoms with Crippen LogP contribution in [0.25, 0.3) is 5.69 Å². The predicted molar refractivity (Wildman–Crippen MR) is 98.3 cm³/mol. The fourth-order valence-corrected chi connectivity index (χ4v) is 2.58. The minimum atomic E-state index is 0.439. The average Bonchev–Trinajstić information content (AvgIpc) is 3.16. The van der Waals surface area contributed by atoms with Crippen molar-refractivity contribution >= 4 is 23.1 Å². The van der Waals surface area contributed by atoms with Crippen LogP contribution in [0.2, 0.25) is 0 Å². The lowest BCUT2D eigenvalue weighted by Gasteiger charge is -2.00. The van der Waals surface area contributed by atoms with E-state index in [-0.39, 0.29) is 0 Å². The number of aromatic nitrogens is 3. The zero-order valence-electron chi connectivity index (χ0n) is 12.9. The van der Waals surface area contributed by atoms with Crippen molar-refractivity contribution in [3.8, 4) is 5.69 Å². The molecule has 2 aromatic carbocycles. The molecule has 0 fully saturated rings.